The number of halogens is 5. The highest BCUT2D eigenvalue weighted by atomic mass is 127. The van der Waals surface area contributed by atoms with Gasteiger partial charge in [-0.2, -0.15) is 13.2 Å². The minimum absolute atomic E-state index is 0.138. The van der Waals surface area contributed by atoms with Crippen molar-refractivity contribution in [1.82, 2.24) is 15.2 Å². The molecule has 3 atom stereocenters. The zero-order valence-corrected chi connectivity index (χ0v) is 27.6. The van der Waals surface area contributed by atoms with Gasteiger partial charge in [-0.15, -0.1) is 0 Å². The Morgan fingerprint density at radius 2 is 1.78 bits per heavy atom. The van der Waals surface area contributed by atoms with Gasteiger partial charge in [-0.1, -0.05) is 44.2 Å². The molecule has 0 spiro atoms. The lowest BCUT2D eigenvalue weighted by Gasteiger charge is -2.33. The summed E-state index contributed by atoms with van der Waals surface area (Å²) >= 11 is 1.65. The fourth-order valence-corrected chi connectivity index (χ4v) is 7.01. The lowest BCUT2D eigenvalue weighted by molar-refractivity contribution is -0.160. The fourth-order valence-electron chi connectivity index (χ4n) is 7.01. The second kappa shape index (κ2) is 12.5. The van der Waals surface area contributed by atoms with E-state index in [0.717, 1.165) is 5.56 Å². The predicted octanol–water partition coefficient (Wildman–Crippen LogP) is 6.70. The molecule has 1 aliphatic carbocycles. The molecule has 0 radical (unpaired) electrons. The number of nitrogens with one attached hydrogen (secondary N) is 1. The number of amides is 2. The molecule has 2 amide bonds. The fraction of sp³-hybridized carbons (Fsp3) is 0.485. The summed E-state index contributed by atoms with van der Waals surface area (Å²) in [7, 11) is 0. The van der Waals surface area contributed by atoms with Gasteiger partial charge in [-0.3, -0.25) is 28.7 Å². The lowest BCUT2D eigenvalue weighted by atomic mass is 9.80. The Bertz CT molecular complexity index is 1600. The van der Waals surface area contributed by atoms with Crippen LogP contribution in [0, 0.1) is 5.82 Å². The second-order valence-corrected chi connectivity index (χ2v) is 12.2. The predicted molar refractivity (Wildman–Crippen MR) is 171 cm³/mol. The Kier molecular flexibility index (Phi) is 9.35. The summed E-state index contributed by atoms with van der Waals surface area (Å²) in [5.74, 6) is -1.69. The molecular weight excluding hydrogens is 703 g/mol. The summed E-state index contributed by atoms with van der Waals surface area (Å²) < 4.78 is 67.3. The van der Waals surface area contributed by atoms with Gasteiger partial charge in [0.25, 0.3) is 0 Å². The van der Waals surface area contributed by atoms with Crippen molar-refractivity contribution in [3.05, 3.63) is 76.7 Å². The first-order valence-corrected chi connectivity index (χ1v) is 16.4. The Morgan fingerprint density at radius 1 is 1.09 bits per heavy atom. The summed E-state index contributed by atoms with van der Waals surface area (Å²) in [5, 5.41) is 2.65. The van der Waals surface area contributed by atoms with E-state index >= 15 is 4.39 Å². The Balaban J connectivity index is 0.000000963. The molecule has 4 heterocycles. The number of fused-ring (bicyclic) bond motifs is 2. The van der Waals surface area contributed by atoms with Crippen LogP contribution in [0.25, 0.3) is 10.9 Å². The molecular formula is C33H37F4IN4O3. The van der Waals surface area contributed by atoms with E-state index in [1.807, 2.05) is 20.8 Å². The van der Waals surface area contributed by atoms with Crippen molar-refractivity contribution in [2.24, 2.45) is 3.95 Å². The molecule has 12 heteroatoms. The summed E-state index contributed by atoms with van der Waals surface area (Å²) in [6.45, 7) is 7.71. The highest BCUT2D eigenvalue weighted by Gasteiger charge is 2.70. The summed E-state index contributed by atoms with van der Waals surface area (Å²) in [4.78, 5) is 30.5. The topological polar surface area (TPSA) is 101 Å². The van der Waals surface area contributed by atoms with Crippen LogP contribution in [0.5, 0.6) is 0 Å². The first-order chi connectivity index (χ1) is 21.4. The van der Waals surface area contributed by atoms with Gasteiger partial charge in [0.1, 0.15) is 17.0 Å². The van der Waals surface area contributed by atoms with Gasteiger partial charge in [0.2, 0.25) is 11.8 Å². The van der Waals surface area contributed by atoms with E-state index in [4.69, 9.17) is 4.74 Å². The van der Waals surface area contributed by atoms with Crippen LogP contribution in [0.1, 0.15) is 81.0 Å². The number of nitrogens with two attached hydrogens (primary N) is 1. The number of epoxide rings is 1. The molecule has 4 aliphatic rings. The Morgan fingerprint density at radius 3 is 2.38 bits per heavy atom. The van der Waals surface area contributed by atoms with E-state index in [9.17, 15) is 22.8 Å². The maximum atomic E-state index is 16.1. The van der Waals surface area contributed by atoms with Crippen molar-refractivity contribution < 1.29 is 31.9 Å². The minimum atomic E-state index is -4.23. The van der Waals surface area contributed by atoms with Gasteiger partial charge in [0.15, 0.2) is 0 Å². The lowest BCUT2D eigenvalue weighted by Crippen LogP contribution is -2.44. The van der Waals surface area contributed by atoms with Crippen molar-refractivity contribution in [3.63, 3.8) is 0 Å². The molecule has 7 nitrogen and oxygen atoms in total. The van der Waals surface area contributed by atoms with Gasteiger partial charge in [-0.05, 0) is 61.4 Å². The molecule has 3 N–H and O–H groups in total. The number of aromatic nitrogens is 1. The quantitative estimate of drug-likeness (QED) is 0.0994. The highest BCUT2D eigenvalue weighted by Crippen LogP contribution is 2.61. The SMILES string of the molecule is CC.CC12CN(Cc3ccc(C4(C(F)(F)F)CC4)cc3)CCC1(c1ccc3ncc(C4CCC(=O)NC4=O)cc3c1F)O2.NI. The number of pyridine rings is 1. The van der Waals surface area contributed by atoms with E-state index in [-0.39, 0.29) is 25.2 Å². The van der Waals surface area contributed by atoms with E-state index in [1.165, 1.54) is 0 Å². The number of nitrogens with zero attached hydrogens (tertiary/aromatic N) is 2. The number of piperidine rings is 2. The van der Waals surface area contributed by atoms with E-state index in [2.05, 4.69) is 19.1 Å². The number of hydrogen-bond acceptors (Lipinski definition) is 6. The van der Waals surface area contributed by atoms with Crippen LogP contribution in [0.2, 0.25) is 0 Å². The van der Waals surface area contributed by atoms with Crippen molar-refractivity contribution in [3.8, 4) is 0 Å². The van der Waals surface area contributed by atoms with Crippen LogP contribution in [0.3, 0.4) is 0 Å². The molecule has 0 bridgehead atoms. The second-order valence-electron chi connectivity index (χ2n) is 12.2. The van der Waals surface area contributed by atoms with Crippen LogP contribution in [-0.4, -0.2) is 46.6 Å². The minimum Gasteiger partial charge on any atom is -0.356 e. The number of carbonyl (C=O) groups excluding carboxylic acids is 2. The molecule has 45 heavy (non-hydrogen) atoms. The number of carbonyl (C=O) groups is 2. The number of likely N-dealkylation sites (tertiary alicyclic amines) is 1. The largest absolute Gasteiger partial charge is 0.398 e. The zero-order valence-electron chi connectivity index (χ0n) is 25.4. The third-order valence-corrected chi connectivity index (χ3v) is 9.62. The van der Waals surface area contributed by atoms with E-state index < -0.39 is 40.4 Å². The normalized spacial score (nSPS) is 26.9. The van der Waals surface area contributed by atoms with Crippen LogP contribution in [-0.2, 0) is 31.9 Å². The first kappa shape index (κ1) is 33.7. The van der Waals surface area contributed by atoms with Gasteiger partial charge in [-0.25, -0.2) is 4.39 Å². The maximum absolute atomic E-state index is 16.1. The van der Waals surface area contributed by atoms with Crippen molar-refractivity contribution in [2.45, 2.75) is 88.1 Å². The third-order valence-electron chi connectivity index (χ3n) is 9.62. The van der Waals surface area contributed by atoms with Crippen LogP contribution >= 0.6 is 22.9 Å². The van der Waals surface area contributed by atoms with Crippen LogP contribution in [0.15, 0.2) is 48.7 Å². The molecule has 4 fully saturated rings. The highest BCUT2D eigenvalue weighted by molar-refractivity contribution is 14.1. The molecule has 7 rings (SSSR count). The summed E-state index contributed by atoms with van der Waals surface area (Å²) in [6.07, 6.45) is -1.26. The monoisotopic (exact) mass is 740 g/mol. The molecule has 3 unspecified atom stereocenters. The molecule has 2 aromatic carbocycles. The molecule has 1 saturated carbocycles. The van der Waals surface area contributed by atoms with Crippen molar-refractivity contribution >= 4 is 45.6 Å². The molecule has 1 aromatic heterocycles. The first-order valence-electron chi connectivity index (χ1n) is 15.2. The van der Waals surface area contributed by atoms with Gasteiger partial charge in [0.05, 0.1) is 16.8 Å². The average molecular weight is 741 g/mol. The van der Waals surface area contributed by atoms with Gasteiger partial charge in [0, 0.05) is 66.1 Å². The zero-order chi connectivity index (χ0) is 32.8. The van der Waals surface area contributed by atoms with Gasteiger partial charge >= 0.3 is 6.18 Å². The van der Waals surface area contributed by atoms with E-state index in [1.54, 1.807) is 71.5 Å². The summed E-state index contributed by atoms with van der Waals surface area (Å²) in [6, 6.07) is 11.9. The van der Waals surface area contributed by atoms with Crippen molar-refractivity contribution in [2.75, 3.05) is 13.1 Å². The van der Waals surface area contributed by atoms with Crippen LogP contribution in [0.4, 0.5) is 17.6 Å². The number of imide groups is 1. The third kappa shape index (κ3) is 5.87. The summed E-state index contributed by atoms with van der Waals surface area (Å²) in [5.41, 5.74) is -0.351. The maximum Gasteiger partial charge on any atom is 0.398 e. The molecule has 242 valence electrons. The molecule has 3 aromatic rings. The number of hydrogen-bond donors (Lipinski definition) is 2. The number of benzene rings is 2. The number of ether oxygens (including phenoxy) is 1. The standard InChI is InChI=1S/C31H29F4N3O3.C2H6.H2IN/c1-28-17-38(16-18-2-4-20(5-3-18)29(10-11-29)31(33,34)35)13-12-30(28,41-28)23-7-8-24-22(26(23)32)14-19(15-36-24)21-6-9-25(39)37-27(21)40;2*1-2/h2-5,7-8,14-15,21H,6,9-13,16-17H2,1H3,(H,37,39,40);1-2H3;2H2. The Labute approximate surface area is 273 Å². The Hall–Kier alpha value is -2.68. The van der Waals surface area contributed by atoms with Crippen molar-refractivity contribution in [1.29, 1.82) is 0 Å². The average Bonchev–Trinajstić information content (AvgIpc) is 3.94. The number of alkyl halides is 3. The molecule has 3 aliphatic heterocycles. The van der Waals surface area contributed by atoms with Crippen LogP contribution < -0.4 is 9.26 Å². The number of rotatable bonds is 5. The molecule has 3 saturated heterocycles. The van der Waals surface area contributed by atoms with Gasteiger partial charge < -0.3 is 4.74 Å². The smallest absolute Gasteiger partial charge is 0.356 e. The van der Waals surface area contributed by atoms with E-state index in [0.29, 0.717) is 60.1 Å².